The van der Waals surface area contributed by atoms with Gasteiger partial charge in [0.2, 0.25) is 0 Å². The molecule has 204 valence electrons. The smallest absolute Gasteiger partial charge is 0.335 e. The van der Waals surface area contributed by atoms with E-state index in [-0.39, 0.29) is 12.0 Å². The Balaban J connectivity index is 1.61. The fraction of sp³-hybridized carbons (Fsp3) is 0.441. The number of unbranched alkanes of at least 4 members (excludes halogenated alkanes) is 9. The predicted molar refractivity (Wildman–Crippen MR) is 156 cm³/mol. The highest BCUT2D eigenvalue weighted by atomic mass is 19.1. The quantitative estimate of drug-likeness (QED) is 0.181. The number of ether oxygens (including phenoxy) is 1. The van der Waals surface area contributed by atoms with Crippen molar-refractivity contribution >= 4 is 5.97 Å². The minimum absolute atomic E-state index is 0.211. The van der Waals surface area contributed by atoms with Crippen molar-refractivity contribution in [1.82, 2.24) is 0 Å². The number of rotatable bonds is 17. The molecular formula is C34H43FO3. The highest BCUT2D eigenvalue weighted by molar-refractivity contribution is 5.94. The number of halogens is 1. The second-order valence-electron chi connectivity index (χ2n) is 10.3. The van der Waals surface area contributed by atoms with E-state index < -0.39 is 12.1 Å². The van der Waals surface area contributed by atoms with Crippen LogP contribution in [0.4, 0.5) is 4.39 Å². The molecule has 0 aliphatic heterocycles. The highest BCUT2D eigenvalue weighted by Gasteiger charge is 2.16. The Bertz CT molecular complexity index is 1120. The first-order chi connectivity index (χ1) is 18.5. The topological polar surface area (TPSA) is 46.5 Å². The fourth-order valence-electron chi connectivity index (χ4n) is 4.93. The maximum atomic E-state index is 13.9. The normalized spacial score (nSPS) is 11.9. The lowest BCUT2D eigenvalue weighted by molar-refractivity contribution is 0.0697. The van der Waals surface area contributed by atoms with Gasteiger partial charge in [-0.05, 0) is 65.4 Å². The van der Waals surface area contributed by atoms with Crippen molar-refractivity contribution in [3.8, 4) is 28.0 Å². The number of aromatic carboxylic acids is 1. The Morgan fingerprint density at radius 2 is 1.42 bits per heavy atom. The zero-order valence-electron chi connectivity index (χ0n) is 23.1. The fourth-order valence-corrected chi connectivity index (χ4v) is 4.93. The van der Waals surface area contributed by atoms with Crippen LogP contribution in [-0.2, 0) is 6.42 Å². The van der Waals surface area contributed by atoms with Crippen molar-refractivity contribution < 1.29 is 19.0 Å². The van der Waals surface area contributed by atoms with Crippen molar-refractivity contribution in [1.29, 1.82) is 0 Å². The number of carbonyl (C=O) groups is 1. The minimum Gasteiger partial charge on any atom is -0.494 e. The van der Waals surface area contributed by atoms with Gasteiger partial charge in [-0.1, -0.05) is 107 Å². The van der Waals surface area contributed by atoms with Crippen LogP contribution in [0.5, 0.6) is 5.75 Å². The van der Waals surface area contributed by atoms with Gasteiger partial charge in [0.25, 0.3) is 0 Å². The first-order valence-corrected chi connectivity index (χ1v) is 14.3. The summed E-state index contributed by atoms with van der Waals surface area (Å²) in [7, 11) is 0. The molecule has 0 aromatic heterocycles. The number of benzene rings is 3. The first-order valence-electron chi connectivity index (χ1n) is 14.3. The van der Waals surface area contributed by atoms with Gasteiger partial charge in [0.1, 0.15) is 11.9 Å². The van der Waals surface area contributed by atoms with E-state index in [9.17, 15) is 14.3 Å². The summed E-state index contributed by atoms with van der Waals surface area (Å²) >= 11 is 0. The van der Waals surface area contributed by atoms with Crippen LogP contribution in [0.2, 0.25) is 0 Å². The molecule has 0 radical (unpaired) electrons. The summed E-state index contributed by atoms with van der Waals surface area (Å²) in [5.74, 6) is -0.148. The monoisotopic (exact) mass is 518 g/mol. The van der Waals surface area contributed by atoms with Crippen LogP contribution in [0.1, 0.15) is 94.0 Å². The standard InChI is InChI=1S/C34H43FO3/c1-3-4-5-6-7-8-9-10-11-14-23-38-30-20-17-27(18-21-30)32-22-19-29(34(36)37)25-33(32)31-16-13-12-15-28(31)24-26(2)35/h12-13,15-22,25-26H,3-11,14,23-24H2,1-2H3,(H,36,37). The van der Waals surface area contributed by atoms with Gasteiger partial charge in [0.05, 0.1) is 12.2 Å². The van der Waals surface area contributed by atoms with Crippen molar-refractivity contribution in [2.45, 2.75) is 90.6 Å². The summed E-state index contributed by atoms with van der Waals surface area (Å²) in [5, 5.41) is 9.60. The van der Waals surface area contributed by atoms with Gasteiger partial charge >= 0.3 is 5.97 Å². The average Bonchev–Trinajstić information content (AvgIpc) is 2.92. The highest BCUT2D eigenvalue weighted by Crippen LogP contribution is 2.36. The number of alkyl halides is 1. The third kappa shape index (κ3) is 9.31. The molecule has 0 aliphatic carbocycles. The number of carboxylic acids is 1. The van der Waals surface area contributed by atoms with Crippen LogP contribution in [0.25, 0.3) is 22.3 Å². The summed E-state index contributed by atoms with van der Waals surface area (Å²) in [5.41, 5.74) is 4.60. The third-order valence-corrected chi connectivity index (χ3v) is 7.01. The Labute approximate surface area is 228 Å². The van der Waals surface area contributed by atoms with E-state index in [1.165, 1.54) is 57.8 Å². The maximum Gasteiger partial charge on any atom is 0.335 e. The van der Waals surface area contributed by atoms with Crippen LogP contribution < -0.4 is 4.74 Å². The second kappa shape index (κ2) is 16.0. The molecule has 0 spiro atoms. The zero-order valence-corrected chi connectivity index (χ0v) is 23.1. The zero-order chi connectivity index (χ0) is 27.2. The molecule has 0 heterocycles. The molecular weight excluding hydrogens is 475 g/mol. The Morgan fingerprint density at radius 1 is 0.789 bits per heavy atom. The Hall–Kier alpha value is -3.14. The van der Waals surface area contributed by atoms with E-state index in [0.29, 0.717) is 6.61 Å². The van der Waals surface area contributed by atoms with Gasteiger partial charge in [-0.15, -0.1) is 0 Å². The van der Waals surface area contributed by atoms with Crippen LogP contribution in [0.3, 0.4) is 0 Å². The molecule has 0 fully saturated rings. The minimum atomic E-state index is -0.991. The molecule has 1 atom stereocenters. The van der Waals surface area contributed by atoms with Gasteiger partial charge in [0, 0.05) is 6.42 Å². The van der Waals surface area contributed by atoms with Crippen molar-refractivity contribution in [3.05, 3.63) is 77.9 Å². The van der Waals surface area contributed by atoms with Crippen LogP contribution in [0.15, 0.2) is 66.7 Å². The summed E-state index contributed by atoms with van der Waals surface area (Å²) in [6.45, 7) is 4.51. The lowest BCUT2D eigenvalue weighted by Gasteiger charge is -2.16. The summed E-state index contributed by atoms with van der Waals surface area (Å²) in [6.07, 6.45) is 12.3. The predicted octanol–water partition coefficient (Wildman–Crippen LogP) is 9.92. The van der Waals surface area contributed by atoms with Gasteiger partial charge in [-0.3, -0.25) is 0 Å². The molecule has 1 unspecified atom stereocenters. The molecule has 3 rings (SSSR count). The van der Waals surface area contributed by atoms with Gasteiger partial charge in [-0.2, -0.15) is 0 Å². The summed E-state index contributed by atoms with van der Waals surface area (Å²) in [4.78, 5) is 11.7. The molecule has 3 nitrogen and oxygen atoms in total. The SMILES string of the molecule is CCCCCCCCCCCCOc1ccc(-c2ccc(C(=O)O)cc2-c2ccccc2CC(C)F)cc1. The number of carboxylic acid groups (broad SMARTS) is 1. The van der Waals surface area contributed by atoms with Crippen LogP contribution in [0, 0.1) is 0 Å². The van der Waals surface area contributed by atoms with Crippen molar-refractivity contribution in [2.75, 3.05) is 6.61 Å². The lowest BCUT2D eigenvalue weighted by atomic mass is 9.89. The van der Waals surface area contributed by atoms with Gasteiger partial charge < -0.3 is 9.84 Å². The van der Waals surface area contributed by atoms with E-state index >= 15 is 0 Å². The molecule has 3 aromatic carbocycles. The van der Waals surface area contributed by atoms with E-state index in [1.807, 2.05) is 54.6 Å². The maximum absolute atomic E-state index is 13.9. The second-order valence-corrected chi connectivity index (χ2v) is 10.3. The molecule has 0 saturated heterocycles. The lowest BCUT2D eigenvalue weighted by Crippen LogP contribution is -2.02. The molecule has 0 amide bonds. The van der Waals surface area contributed by atoms with Gasteiger partial charge in [0.15, 0.2) is 0 Å². The van der Waals surface area contributed by atoms with E-state index in [4.69, 9.17) is 4.74 Å². The van der Waals surface area contributed by atoms with E-state index in [2.05, 4.69) is 6.92 Å². The first kappa shape index (κ1) is 29.4. The molecule has 0 saturated carbocycles. The third-order valence-electron chi connectivity index (χ3n) is 7.01. The molecule has 4 heteroatoms. The Kier molecular flexibility index (Phi) is 12.4. The van der Waals surface area contributed by atoms with Crippen molar-refractivity contribution in [2.24, 2.45) is 0 Å². The van der Waals surface area contributed by atoms with Crippen LogP contribution >= 0.6 is 0 Å². The molecule has 38 heavy (non-hydrogen) atoms. The van der Waals surface area contributed by atoms with Gasteiger partial charge in [-0.25, -0.2) is 9.18 Å². The number of hydrogen-bond donors (Lipinski definition) is 1. The molecule has 0 bridgehead atoms. The average molecular weight is 519 g/mol. The van der Waals surface area contributed by atoms with Crippen molar-refractivity contribution in [3.63, 3.8) is 0 Å². The van der Waals surface area contributed by atoms with Crippen LogP contribution in [-0.4, -0.2) is 23.9 Å². The molecule has 3 aromatic rings. The summed E-state index contributed by atoms with van der Waals surface area (Å²) < 4.78 is 19.9. The largest absolute Gasteiger partial charge is 0.494 e. The molecule has 0 aliphatic rings. The summed E-state index contributed by atoms with van der Waals surface area (Å²) in [6, 6.07) is 20.7. The Morgan fingerprint density at radius 3 is 2.05 bits per heavy atom. The molecule has 1 N–H and O–H groups in total. The van der Waals surface area contributed by atoms with E-state index in [1.54, 1.807) is 19.1 Å². The van der Waals surface area contributed by atoms with E-state index in [0.717, 1.165) is 40.0 Å². The number of hydrogen-bond acceptors (Lipinski definition) is 2.